The molecule has 5 heteroatoms. The van der Waals surface area contributed by atoms with Gasteiger partial charge < -0.3 is 9.47 Å². The quantitative estimate of drug-likeness (QED) is 0.699. The minimum Gasteiger partial charge on any atom is -0.340 e. The summed E-state index contributed by atoms with van der Waals surface area (Å²) in [7, 11) is 0. The second-order valence-corrected chi connectivity index (χ2v) is 7.42. The molecule has 1 fully saturated rings. The molecule has 0 bridgehead atoms. The number of piperidine rings is 1. The van der Waals surface area contributed by atoms with Gasteiger partial charge in [-0.25, -0.2) is 4.98 Å². The van der Waals surface area contributed by atoms with Crippen LogP contribution in [0.5, 0.6) is 0 Å². The fourth-order valence-corrected chi connectivity index (χ4v) is 4.11. The Bertz CT molecular complexity index is 962. The highest BCUT2D eigenvalue weighted by Crippen LogP contribution is 2.29. The zero-order valence-corrected chi connectivity index (χ0v) is 16.1. The van der Waals surface area contributed by atoms with E-state index in [0.29, 0.717) is 19.0 Å². The van der Waals surface area contributed by atoms with Crippen LogP contribution in [0.25, 0.3) is 22.3 Å². The molecule has 0 aliphatic carbocycles. The number of rotatable bonds is 4. The maximum absolute atomic E-state index is 12.8. The van der Waals surface area contributed by atoms with Crippen LogP contribution in [0.2, 0.25) is 0 Å². The zero-order chi connectivity index (χ0) is 18.8. The van der Waals surface area contributed by atoms with Gasteiger partial charge in [0.05, 0.1) is 5.69 Å². The Balaban J connectivity index is 1.65. The van der Waals surface area contributed by atoms with E-state index in [9.17, 15) is 4.79 Å². The summed E-state index contributed by atoms with van der Waals surface area (Å²) >= 11 is 0. The van der Waals surface area contributed by atoms with Gasteiger partial charge in [0.15, 0.2) is 0 Å². The maximum atomic E-state index is 12.8. The summed E-state index contributed by atoms with van der Waals surface area (Å²) in [6.45, 7) is 5.70. The molecule has 1 aliphatic rings. The fraction of sp³-hybridized carbons (Fsp3) is 0.409. The lowest BCUT2D eigenvalue weighted by molar-refractivity contribution is -0.134. The van der Waals surface area contributed by atoms with Gasteiger partial charge in [-0.3, -0.25) is 9.78 Å². The van der Waals surface area contributed by atoms with Crippen molar-refractivity contribution in [3.05, 3.63) is 48.4 Å². The van der Waals surface area contributed by atoms with Crippen LogP contribution in [-0.4, -0.2) is 37.9 Å². The van der Waals surface area contributed by atoms with Crippen LogP contribution < -0.4 is 0 Å². The highest BCUT2D eigenvalue weighted by Gasteiger charge is 2.23. The third-order valence-corrected chi connectivity index (χ3v) is 5.61. The van der Waals surface area contributed by atoms with E-state index >= 15 is 0 Å². The number of nitrogens with zero attached hydrogens (tertiary/aromatic N) is 4. The lowest BCUT2D eigenvalue weighted by Crippen LogP contribution is -2.42. The first-order chi connectivity index (χ1) is 13.1. The Morgan fingerprint density at radius 1 is 1.19 bits per heavy atom. The molecule has 1 amide bonds. The second kappa shape index (κ2) is 7.51. The standard InChI is InChI=1S/C22H26N4O/c1-16-7-3-4-13-25(16)21(27)10-14-26-20(19-9-6-11-23-17(19)2)15-18-8-5-12-24-22(18)26/h5-6,8-9,11-12,15-16H,3-4,7,10,13-14H2,1-2H3/t16-/m1/s1. The van der Waals surface area contributed by atoms with E-state index in [4.69, 9.17) is 0 Å². The Morgan fingerprint density at radius 3 is 2.81 bits per heavy atom. The van der Waals surface area contributed by atoms with Crippen LogP contribution in [0.3, 0.4) is 0 Å². The Kier molecular flexibility index (Phi) is 4.92. The minimum absolute atomic E-state index is 0.244. The van der Waals surface area contributed by atoms with Gasteiger partial charge in [0, 0.05) is 54.6 Å². The van der Waals surface area contributed by atoms with Crippen molar-refractivity contribution < 1.29 is 4.79 Å². The van der Waals surface area contributed by atoms with Gasteiger partial charge in [0.2, 0.25) is 5.91 Å². The molecule has 0 N–H and O–H groups in total. The fourth-order valence-electron chi connectivity index (χ4n) is 4.11. The van der Waals surface area contributed by atoms with Crippen molar-refractivity contribution in [1.29, 1.82) is 0 Å². The molecule has 0 unspecified atom stereocenters. The van der Waals surface area contributed by atoms with Crippen LogP contribution in [0, 0.1) is 6.92 Å². The van der Waals surface area contributed by atoms with Gasteiger partial charge in [0.1, 0.15) is 5.65 Å². The highest BCUT2D eigenvalue weighted by atomic mass is 16.2. The molecule has 0 saturated carbocycles. The van der Waals surface area contributed by atoms with Crippen LogP contribution >= 0.6 is 0 Å². The van der Waals surface area contributed by atoms with Crippen molar-refractivity contribution in [2.24, 2.45) is 0 Å². The summed E-state index contributed by atoms with van der Waals surface area (Å²) < 4.78 is 2.17. The van der Waals surface area contributed by atoms with E-state index in [0.717, 1.165) is 47.4 Å². The topological polar surface area (TPSA) is 51.0 Å². The molecular weight excluding hydrogens is 336 g/mol. The predicted octanol–water partition coefficient (Wildman–Crippen LogP) is 4.20. The summed E-state index contributed by atoms with van der Waals surface area (Å²) in [4.78, 5) is 23.9. The summed E-state index contributed by atoms with van der Waals surface area (Å²) in [5, 5.41) is 1.09. The lowest BCUT2D eigenvalue weighted by Gasteiger charge is -2.33. The minimum atomic E-state index is 0.244. The number of aromatic nitrogens is 3. The molecule has 1 atom stereocenters. The lowest BCUT2D eigenvalue weighted by atomic mass is 10.0. The van der Waals surface area contributed by atoms with E-state index in [-0.39, 0.29) is 5.91 Å². The largest absolute Gasteiger partial charge is 0.340 e. The van der Waals surface area contributed by atoms with E-state index in [1.807, 2.05) is 31.5 Å². The number of hydrogen-bond acceptors (Lipinski definition) is 3. The molecule has 4 rings (SSSR count). The number of fused-ring (bicyclic) bond motifs is 1. The maximum Gasteiger partial charge on any atom is 0.224 e. The van der Waals surface area contributed by atoms with Gasteiger partial charge in [0.25, 0.3) is 0 Å². The molecule has 4 heterocycles. The first-order valence-corrected chi connectivity index (χ1v) is 9.81. The Labute approximate surface area is 160 Å². The van der Waals surface area contributed by atoms with Gasteiger partial charge >= 0.3 is 0 Å². The van der Waals surface area contributed by atoms with Gasteiger partial charge in [-0.05, 0) is 63.4 Å². The summed E-state index contributed by atoms with van der Waals surface area (Å²) in [5.41, 5.74) is 4.08. The summed E-state index contributed by atoms with van der Waals surface area (Å²) in [6.07, 6.45) is 7.57. The number of aryl methyl sites for hydroxylation is 2. The zero-order valence-electron chi connectivity index (χ0n) is 16.1. The van der Waals surface area contributed by atoms with Crippen LogP contribution in [0.4, 0.5) is 0 Å². The van der Waals surface area contributed by atoms with Crippen LogP contribution in [0.15, 0.2) is 42.7 Å². The van der Waals surface area contributed by atoms with Crippen molar-refractivity contribution >= 4 is 16.9 Å². The average Bonchev–Trinajstić information content (AvgIpc) is 3.05. The van der Waals surface area contributed by atoms with E-state index in [2.05, 4.69) is 44.6 Å². The van der Waals surface area contributed by atoms with Crippen molar-refractivity contribution in [3.63, 3.8) is 0 Å². The molecule has 27 heavy (non-hydrogen) atoms. The molecule has 5 nitrogen and oxygen atoms in total. The second-order valence-electron chi connectivity index (χ2n) is 7.42. The van der Waals surface area contributed by atoms with Crippen molar-refractivity contribution in [3.8, 4) is 11.3 Å². The number of carbonyl (C=O) groups excluding carboxylic acids is 1. The normalized spacial score (nSPS) is 17.4. The summed E-state index contributed by atoms with van der Waals surface area (Å²) in [5.74, 6) is 0.244. The first-order valence-electron chi connectivity index (χ1n) is 9.81. The average molecular weight is 362 g/mol. The van der Waals surface area contributed by atoms with E-state index in [1.54, 1.807) is 0 Å². The van der Waals surface area contributed by atoms with Gasteiger partial charge in [-0.15, -0.1) is 0 Å². The molecular formula is C22H26N4O. The van der Waals surface area contributed by atoms with Crippen LogP contribution in [0.1, 0.15) is 38.3 Å². The third kappa shape index (κ3) is 3.46. The number of carbonyl (C=O) groups is 1. The van der Waals surface area contributed by atoms with Crippen molar-refractivity contribution in [2.75, 3.05) is 6.54 Å². The van der Waals surface area contributed by atoms with Gasteiger partial charge in [-0.2, -0.15) is 0 Å². The third-order valence-electron chi connectivity index (χ3n) is 5.61. The first kappa shape index (κ1) is 17.7. The smallest absolute Gasteiger partial charge is 0.224 e. The summed E-state index contributed by atoms with van der Waals surface area (Å²) in [6, 6.07) is 10.6. The number of pyridine rings is 2. The molecule has 0 aromatic carbocycles. The van der Waals surface area contributed by atoms with Crippen molar-refractivity contribution in [2.45, 2.75) is 52.1 Å². The number of amides is 1. The monoisotopic (exact) mass is 362 g/mol. The van der Waals surface area contributed by atoms with E-state index in [1.165, 1.54) is 6.42 Å². The highest BCUT2D eigenvalue weighted by molar-refractivity contribution is 5.85. The molecule has 3 aromatic rings. The molecule has 3 aromatic heterocycles. The SMILES string of the molecule is Cc1ncccc1-c1cc2cccnc2n1CCC(=O)N1CCCC[C@H]1C. The Morgan fingerprint density at radius 2 is 2.00 bits per heavy atom. The number of likely N-dealkylation sites (tertiary alicyclic amines) is 1. The molecule has 1 saturated heterocycles. The van der Waals surface area contributed by atoms with Crippen LogP contribution in [-0.2, 0) is 11.3 Å². The van der Waals surface area contributed by atoms with E-state index < -0.39 is 0 Å². The predicted molar refractivity (Wildman–Crippen MR) is 107 cm³/mol. The molecule has 0 spiro atoms. The van der Waals surface area contributed by atoms with Gasteiger partial charge in [-0.1, -0.05) is 0 Å². The molecule has 140 valence electrons. The van der Waals surface area contributed by atoms with Crippen molar-refractivity contribution in [1.82, 2.24) is 19.4 Å². The number of hydrogen-bond donors (Lipinski definition) is 0. The molecule has 1 aliphatic heterocycles. The molecule has 0 radical (unpaired) electrons. The Hall–Kier alpha value is -2.69.